The molecule has 0 aromatic heterocycles. The van der Waals surface area contributed by atoms with E-state index >= 15 is 0 Å². The summed E-state index contributed by atoms with van der Waals surface area (Å²) in [5.41, 5.74) is 0.472. The first-order valence-corrected chi connectivity index (χ1v) is 9.37. The Balaban J connectivity index is 1.76. The van der Waals surface area contributed by atoms with Gasteiger partial charge in [-0.3, -0.25) is 10.1 Å². The van der Waals surface area contributed by atoms with Gasteiger partial charge in [0.25, 0.3) is 5.91 Å². The second kappa shape index (κ2) is 10.3. The Morgan fingerprint density at radius 1 is 1.07 bits per heavy atom. The molecule has 0 spiro atoms. The number of urea groups is 1. The van der Waals surface area contributed by atoms with Gasteiger partial charge in [0.15, 0.2) is 12.2 Å². The topological polar surface area (TPSA) is 118 Å². The Morgan fingerprint density at radius 3 is 2.32 bits per heavy atom. The van der Waals surface area contributed by atoms with Crippen LogP contribution in [0.25, 0.3) is 0 Å². The lowest BCUT2D eigenvalue weighted by atomic mass is 9.96. The number of amides is 3. The van der Waals surface area contributed by atoms with Gasteiger partial charge in [0, 0.05) is 6.04 Å². The molecule has 8 nitrogen and oxygen atoms in total. The third kappa shape index (κ3) is 6.58. The number of nitrogens with one attached hydrogen (secondary N) is 2. The zero-order valence-electron chi connectivity index (χ0n) is 16.1. The number of carbonyl (C=O) groups excluding carboxylic acids is 3. The Hall–Kier alpha value is -3.08. The summed E-state index contributed by atoms with van der Waals surface area (Å²) in [4.78, 5) is 36.1. The molecule has 0 heterocycles. The van der Waals surface area contributed by atoms with Crippen molar-refractivity contribution in [3.8, 4) is 11.8 Å². The van der Waals surface area contributed by atoms with Gasteiger partial charge in [-0.05, 0) is 51.0 Å². The van der Waals surface area contributed by atoms with E-state index in [4.69, 9.17) is 14.7 Å². The Bertz CT molecular complexity index is 735. The zero-order chi connectivity index (χ0) is 20.5. The van der Waals surface area contributed by atoms with Gasteiger partial charge >= 0.3 is 12.0 Å². The fourth-order valence-electron chi connectivity index (χ4n) is 2.87. The molecule has 1 aliphatic rings. The van der Waals surface area contributed by atoms with Crippen LogP contribution in [0, 0.1) is 11.3 Å². The van der Waals surface area contributed by atoms with Crippen LogP contribution in [0.3, 0.4) is 0 Å². The van der Waals surface area contributed by atoms with Crippen molar-refractivity contribution in [3.63, 3.8) is 0 Å². The number of carbonyl (C=O) groups is 3. The van der Waals surface area contributed by atoms with Crippen molar-refractivity contribution < 1.29 is 23.9 Å². The van der Waals surface area contributed by atoms with Crippen molar-refractivity contribution in [1.29, 1.82) is 5.26 Å². The van der Waals surface area contributed by atoms with Crippen LogP contribution in [-0.2, 0) is 14.3 Å². The largest absolute Gasteiger partial charge is 0.479 e. The van der Waals surface area contributed by atoms with Crippen LogP contribution in [0.5, 0.6) is 5.75 Å². The highest BCUT2D eigenvalue weighted by molar-refractivity contribution is 5.97. The van der Waals surface area contributed by atoms with Gasteiger partial charge in [0.2, 0.25) is 0 Å². The highest BCUT2D eigenvalue weighted by Crippen LogP contribution is 2.17. The van der Waals surface area contributed by atoms with E-state index in [1.165, 1.54) is 13.8 Å². The summed E-state index contributed by atoms with van der Waals surface area (Å²) in [5, 5.41) is 13.7. The van der Waals surface area contributed by atoms with E-state index in [9.17, 15) is 14.4 Å². The predicted octanol–water partition coefficient (Wildman–Crippen LogP) is 2.42. The average Bonchev–Trinajstić information content (AvgIpc) is 2.69. The minimum absolute atomic E-state index is 0.0697. The zero-order valence-corrected chi connectivity index (χ0v) is 16.1. The first-order chi connectivity index (χ1) is 13.4. The average molecular weight is 387 g/mol. The number of nitrogens with zero attached hydrogens (tertiary/aromatic N) is 1. The molecule has 2 N–H and O–H groups in total. The lowest BCUT2D eigenvalue weighted by Gasteiger charge is -2.23. The van der Waals surface area contributed by atoms with Crippen LogP contribution in [-0.4, -0.2) is 36.2 Å². The van der Waals surface area contributed by atoms with Crippen LogP contribution < -0.4 is 15.4 Å². The van der Waals surface area contributed by atoms with Crippen molar-refractivity contribution in [2.45, 2.75) is 64.2 Å². The van der Waals surface area contributed by atoms with Crippen LogP contribution in [0.1, 0.15) is 51.5 Å². The summed E-state index contributed by atoms with van der Waals surface area (Å²) in [6, 6.07) is 7.73. The van der Waals surface area contributed by atoms with E-state index in [2.05, 4.69) is 10.6 Å². The second-order valence-electron chi connectivity index (χ2n) is 6.77. The van der Waals surface area contributed by atoms with Crippen molar-refractivity contribution in [2.75, 3.05) is 0 Å². The maximum absolute atomic E-state index is 12.1. The number of benzene rings is 1. The minimum atomic E-state index is -1.14. The van der Waals surface area contributed by atoms with Gasteiger partial charge in [-0.2, -0.15) is 5.26 Å². The number of esters is 1. The highest BCUT2D eigenvalue weighted by Gasteiger charge is 2.25. The monoisotopic (exact) mass is 387 g/mol. The molecule has 1 aromatic carbocycles. The first kappa shape index (κ1) is 21.2. The van der Waals surface area contributed by atoms with Gasteiger partial charge in [0.05, 0.1) is 11.6 Å². The first-order valence-electron chi connectivity index (χ1n) is 9.37. The number of hydrogen-bond acceptors (Lipinski definition) is 6. The molecular formula is C20H25N3O5. The van der Waals surface area contributed by atoms with E-state index in [1.54, 1.807) is 24.3 Å². The van der Waals surface area contributed by atoms with Gasteiger partial charge < -0.3 is 14.8 Å². The molecule has 150 valence electrons. The summed E-state index contributed by atoms with van der Waals surface area (Å²) in [5.74, 6) is -1.04. The third-order valence-electron chi connectivity index (χ3n) is 4.47. The number of rotatable bonds is 6. The fourth-order valence-corrected chi connectivity index (χ4v) is 2.87. The molecule has 2 atom stereocenters. The lowest BCUT2D eigenvalue weighted by Crippen LogP contribution is -2.48. The smallest absolute Gasteiger partial charge is 0.347 e. The summed E-state index contributed by atoms with van der Waals surface area (Å²) < 4.78 is 10.5. The molecule has 0 saturated heterocycles. The van der Waals surface area contributed by atoms with Crippen molar-refractivity contribution in [2.24, 2.45) is 0 Å². The predicted molar refractivity (Wildman–Crippen MR) is 100 cm³/mol. The second-order valence-corrected chi connectivity index (χ2v) is 6.77. The summed E-state index contributed by atoms with van der Waals surface area (Å²) >= 11 is 0. The molecule has 28 heavy (non-hydrogen) atoms. The normalized spacial score (nSPS) is 16.2. The lowest BCUT2D eigenvalue weighted by molar-refractivity contribution is -0.160. The molecule has 0 radical (unpaired) electrons. The molecular weight excluding hydrogens is 362 g/mol. The van der Waals surface area contributed by atoms with Crippen molar-refractivity contribution in [3.05, 3.63) is 29.8 Å². The van der Waals surface area contributed by atoms with Crippen LogP contribution in [0.4, 0.5) is 4.79 Å². The number of imide groups is 1. The minimum Gasteiger partial charge on any atom is -0.479 e. The number of nitriles is 1. The summed E-state index contributed by atoms with van der Waals surface area (Å²) in [7, 11) is 0. The number of hydrogen-bond donors (Lipinski definition) is 2. The molecule has 2 rings (SSSR count). The van der Waals surface area contributed by atoms with E-state index in [-0.39, 0.29) is 6.04 Å². The quantitative estimate of drug-likeness (QED) is 0.724. The Labute approximate surface area is 164 Å². The summed E-state index contributed by atoms with van der Waals surface area (Å²) in [6.07, 6.45) is 2.98. The van der Waals surface area contributed by atoms with E-state index < -0.39 is 30.1 Å². The molecule has 1 aliphatic carbocycles. The number of ether oxygens (including phenoxy) is 2. The summed E-state index contributed by atoms with van der Waals surface area (Å²) in [6.45, 7) is 2.87. The third-order valence-corrected chi connectivity index (χ3v) is 4.47. The van der Waals surface area contributed by atoms with Crippen LogP contribution in [0.2, 0.25) is 0 Å². The van der Waals surface area contributed by atoms with E-state index in [0.29, 0.717) is 11.3 Å². The Morgan fingerprint density at radius 2 is 1.71 bits per heavy atom. The van der Waals surface area contributed by atoms with Crippen molar-refractivity contribution in [1.82, 2.24) is 10.6 Å². The SMILES string of the molecule is C[C@H](OC(=O)[C@H](C)Oc1ccc(C#N)cc1)C(=O)NC(=O)NC1CCCCC1. The molecule has 1 aromatic rings. The van der Waals surface area contributed by atoms with Crippen LogP contribution >= 0.6 is 0 Å². The molecule has 0 bridgehead atoms. The molecule has 8 heteroatoms. The van der Waals surface area contributed by atoms with E-state index in [1.807, 2.05) is 6.07 Å². The van der Waals surface area contributed by atoms with Gasteiger partial charge in [-0.1, -0.05) is 19.3 Å². The van der Waals surface area contributed by atoms with Crippen LogP contribution in [0.15, 0.2) is 24.3 Å². The highest BCUT2D eigenvalue weighted by atomic mass is 16.6. The maximum Gasteiger partial charge on any atom is 0.347 e. The molecule has 3 amide bonds. The molecule has 1 saturated carbocycles. The maximum atomic E-state index is 12.1. The van der Waals surface area contributed by atoms with Gasteiger partial charge in [-0.15, -0.1) is 0 Å². The molecule has 0 aliphatic heterocycles. The fraction of sp³-hybridized carbons (Fsp3) is 0.500. The van der Waals surface area contributed by atoms with Crippen molar-refractivity contribution >= 4 is 17.9 Å². The standard InChI is InChI=1S/C20H25N3O5/c1-13(18(24)23-20(26)22-16-6-4-3-5-7-16)28-19(25)14(2)27-17-10-8-15(12-21)9-11-17/h8-11,13-14,16H,3-7H2,1-2H3,(H2,22,23,24,26)/t13-,14-/m0/s1. The molecule has 0 unspecified atom stereocenters. The van der Waals surface area contributed by atoms with Gasteiger partial charge in [-0.25, -0.2) is 9.59 Å². The van der Waals surface area contributed by atoms with E-state index in [0.717, 1.165) is 32.1 Å². The Kier molecular flexibility index (Phi) is 7.81. The van der Waals surface area contributed by atoms with Gasteiger partial charge in [0.1, 0.15) is 5.75 Å². The molecule has 1 fully saturated rings.